The number of barbiturate groups is 1. The number of ether oxygens (including phenoxy) is 1. The zero-order chi connectivity index (χ0) is 18.7. The van der Waals surface area contributed by atoms with E-state index in [9.17, 15) is 18.8 Å². The first-order valence-electron chi connectivity index (χ1n) is 7.47. The average Bonchev–Trinajstić information content (AvgIpc) is 2.58. The van der Waals surface area contributed by atoms with Gasteiger partial charge < -0.3 is 4.74 Å². The van der Waals surface area contributed by atoms with E-state index in [1.165, 1.54) is 18.2 Å². The van der Waals surface area contributed by atoms with Crippen LogP contribution in [0.2, 0.25) is 0 Å². The largest absolute Gasteiger partial charge is 0.488 e. The van der Waals surface area contributed by atoms with Crippen LogP contribution in [0, 0.1) is 5.82 Å². The SMILES string of the molecule is O=C1NC(=O)C(=Cc2cc(Br)ccc2OCc2ccc(F)cc2)C(=O)N1. The van der Waals surface area contributed by atoms with Crippen molar-refractivity contribution < 1.29 is 23.5 Å². The molecule has 2 aromatic rings. The zero-order valence-corrected chi connectivity index (χ0v) is 14.8. The van der Waals surface area contributed by atoms with Crippen molar-refractivity contribution in [2.75, 3.05) is 0 Å². The summed E-state index contributed by atoms with van der Waals surface area (Å²) < 4.78 is 19.4. The molecule has 132 valence electrons. The summed E-state index contributed by atoms with van der Waals surface area (Å²) in [5, 5.41) is 4.02. The van der Waals surface area contributed by atoms with Gasteiger partial charge in [-0.3, -0.25) is 20.2 Å². The van der Waals surface area contributed by atoms with Crippen molar-refractivity contribution in [3.63, 3.8) is 0 Å². The fraction of sp³-hybridized carbons (Fsp3) is 0.0556. The topological polar surface area (TPSA) is 84.5 Å². The van der Waals surface area contributed by atoms with Gasteiger partial charge in [0.15, 0.2) is 0 Å². The number of carbonyl (C=O) groups excluding carboxylic acids is 3. The smallest absolute Gasteiger partial charge is 0.328 e. The molecule has 0 aliphatic carbocycles. The van der Waals surface area contributed by atoms with E-state index in [0.29, 0.717) is 15.8 Å². The second-order valence-electron chi connectivity index (χ2n) is 5.39. The van der Waals surface area contributed by atoms with Gasteiger partial charge in [-0.25, -0.2) is 9.18 Å². The quantitative estimate of drug-likeness (QED) is 0.590. The number of halogens is 2. The van der Waals surface area contributed by atoms with Crippen LogP contribution in [-0.4, -0.2) is 17.8 Å². The second-order valence-corrected chi connectivity index (χ2v) is 6.31. The Bertz CT molecular complexity index is 903. The lowest BCUT2D eigenvalue weighted by atomic mass is 10.1. The van der Waals surface area contributed by atoms with Crippen LogP contribution >= 0.6 is 15.9 Å². The van der Waals surface area contributed by atoms with Crippen LogP contribution in [0.4, 0.5) is 9.18 Å². The van der Waals surface area contributed by atoms with Gasteiger partial charge in [0, 0.05) is 10.0 Å². The Labute approximate surface area is 156 Å². The number of hydrogen-bond donors (Lipinski definition) is 2. The van der Waals surface area contributed by atoms with Gasteiger partial charge in [-0.1, -0.05) is 28.1 Å². The van der Waals surface area contributed by atoms with Gasteiger partial charge in [-0.05, 0) is 42.0 Å². The highest BCUT2D eigenvalue weighted by atomic mass is 79.9. The van der Waals surface area contributed by atoms with E-state index < -0.39 is 17.8 Å². The highest BCUT2D eigenvalue weighted by Crippen LogP contribution is 2.27. The van der Waals surface area contributed by atoms with Gasteiger partial charge in [-0.15, -0.1) is 0 Å². The van der Waals surface area contributed by atoms with Gasteiger partial charge in [0.1, 0.15) is 23.7 Å². The minimum absolute atomic E-state index is 0.176. The van der Waals surface area contributed by atoms with Gasteiger partial charge in [-0.2, -0.15) is 0 Å². The molecule has 0 radical (unpaired) electrons. The highest BCUT2D eigenvalue weighted by molar-refractivity contribution is 9.10. The molecule has 8 heteroatoms. The third-order valence-electron chi connectivity index (χ3n) is 3.52. The van der Waals surface area contributed by atoms with Gasteiger partial charge in [0.25, 0.3) is 11.8 Å². The number of hydrogen-bond acceptors (Lipinski definition) is 4. The number of rotatable bonds is 4. The maximum Gasteiger partial charge on any atom is 0.328 e. The van der Waals surface area contributed by atoms with Crippen molar-refractivity contribution in [3.05, 3.63) is 69.5 Å². The maximum atomic E-state index is 13.0. The van der Waals surface area contributed by atoms with E-state index in [4.69, 9.17) is 4.74 Å². The van der Waals surface area contributed by atoms with E-state index in [-0.39, 0.29) is 18.0 Å². The number of benzene rings is 2. The maximum absolute atomic E-state index is 13.0. The summed E-state index contributed by atoms with van der Waals surface area (Å²) in [6.45, 7) is 0.176. The molecule has 1 fully saturated rings. The summed E-state index contributed by atoms with van der Waals surface area (Å²) >= 11 is 3.32. The molecular formula is C18H12BrFN2O4. The predicted octanol–water partition coefficient (Wildman–Crippen LogP) is 2.92. The third kappa shape index (κ3) is 4.15. The molecule has 0 unspecified atom stereocenters. The number of imide groups is 2. The number of urea groups is 1. The molecule has 1 aliphatic heterocycles. The van der Waals surface area contributed by atoms with Crippen molar-refractivity contribution in [1.29, 1.82) is 0 Å². The molecule has 1 aliphatic rings. The van der Waals surface area contributed by atoms with E-state index in [0.717, 1.165) is 5.56 Å². The molecule has 0 aromatic heterocycles. The first-order valence-corrected chi connectivity index (χ1v) is 8.27. The lowest BCUT2D eigenvalue weighted by Crippen LogP contribution is -2.51. The van der Waals surface area contributed by atoms with Crippen LogP contribution in [0.25, 0.3) is 6.08 Å². The van der Waals surface area contributed by atoms with Crippen molar-refractivity contribution in [2.24, 2.45) is 0 Å². The first kappa shape index (κ1) is 17.8. The Kier molecular flexibility index (Phi) is 5.13. The monoisotopic (exact) mass is 418 g/mol. The van der Waals surface area contributed by atoms with Crippen LogP contribution in [0.15, 0.2) is 52.5 Å². The molecule has 2 aromatic carbocycles. The molecule has 26 heavy (non-hydrogen) atoms. The number of amides is 4. The fourth-order valence-electron chi connectivity index (χ4n) is 2.27. The Morgan fingerprint density at radius 2 is 1.65 bits per heavy atom. The molecule has 0 saturated carbocycles. The van der Waals surface area contributed by atoms with Gasteiger partial charge >= 0.3 is 6.03 Å². The summed E-state index contributed by atoms with van der Waals surface area (Å²) in [6.07, 6.45) is 1.34. The van der Waals surface area contributed by atoms with Crippen LogP contribution in [0.1, 0.15) is 11.1 Å². The Morgan fingerprint density at radius 3 is 2.31 bits per heavy atom. The van der Waals surface area contributed by atoms with Crippen LogP contribution in [0.5, 0.6) is 5.75 Å². The molecule has 4 amide bonds. The van der Waals surface area contributed by atoms with Crippen molar-refractivity contribution in [2.45, 2.75) is 6.61 Å². The van der Waals surface area contributed by atoms with Crippen LogP contribution in [-0.2, 0) is 16.2 Å². The fourth-order valence-corrected chi connectivity index (χ4v) is 2.65. The molecule has 6 nitrogen and oxygen atoms in total. The van der Waals surface area contributed by atoms with E-state index in [1.807, 2.05) is 10.6 Å². The van der Waals surface area contributed by atoms with Crippen molar-refractivity contribution >= 4 is 39.9 Å². The molecule has 0 bridgehead atoms. The third-order valence-corrected chi connectivity index (χ3v) is 4.02. The van der Waals surface area contributed by atoms with E-state index in [2.05, 4.69) is 15.9 Å². The lowest BCUT2D eigenvalue weighted by molar-refractivity contribution is -0.123. The van der Waals surface area contributed by atoms with Crippen LogP contribution in [0.3, 0.4) is 0 Å². The standard InChI is InChI=1S/C18H12BrFN2O4/c19-12-3-6-15(26-9-10-1-4-13(20)5-2-10)11(7-12)8-14-16(23)21-18(25)22-17(14)24/h1-8H,9H2,(H2,21,22,23,24,25). The minimum atomic E-state index is -0.862. The summed E-state index contributed by atoms with van der Waals surface area (Å²) in [6, 6.07) is 10.1. The average molecular weight is 419 g/mol. The van der Waals surface area contributed by atoms with Gasteiger partial charge in [0.05, 0.1) is 0 Å². The second kappa shape index (κ2) is 7.49. The lowest BCUT2D eigenvalue weighted by Gasteiger charge is -2.15. The summed E-state index contributed by atoms with van der Waals surface area (Å²) in [4.78, 5) is 34.9. The predicted molar refractivity (Wildman–Crippen MR) is 94.5 cm³/mol. The molecule has 2 N–H and O–H groups in total. The number of nitrogens with one attached hydrogen (secondary N) is 2. The van der Waals surface area contributed by atoms with E-state index in [1.54, 1.807) is 30.3 Å². The molecule has 1 saturated heterocycles. The zero-order valence-electron chi connectivity index (χ0n) is 13.2. The Balaban J connectivity index is 1.87. The minimum Gasteiger partial charge on any atom is -0.488 e. The molecule has 3 rings (SSSR count). The molecule has 1 heterocycles. The van der Waals surface area contributed by atoms with Crippen LogP contribution < -0.4 is 15.4 Å². The molecule has 0 spiro atoms. The highest BCUT2D eigenvalue weighted by Gasteiger charge is 2.28. The Morgan fingerprint density at radius 1 is 1.00 bits per heavy atom. The van der Waals surface area contributed by atoms with Gasteiger partial charge in [0.2, 0.25) is 0 Å². The first-order chi connectivity index (χ1) is 12.4. The summed E-state index contributed by atoms with van der Waals surface area (Å²) in [7, 11) is 0. The number of carbonyl (C=O) groups is 3. The summed E-state index contributed by atoms with van der Waals surface area (Å²) in [5.41, 5.74) is 1.01. The van der Waals surface area contributed by atoms with Crippen molar-refractivity contribution in [1.82, 2.24) is 10.6 Å². The molecular weight excluding hydrogens is 407 g/mol. The summed E-state index contributed by atoms with van der Waals surface area (Å²) in [5.74, 6) is -1.50. The van der Waals surface area contributed by atoms with E-state index >= 15 is 0 Å². The Hall–Kier alpha value is -3.00. The molecule has 0 atom stereocenters. The van der Waals surface area contributed by atoms with Crippen molar-refractivity contribution in [3.8, 4) is 5.75 Å². The normalized spacial score (nSPS) is 13.9.